The molecule has 2 N–H and O–H groups in total. The molecule has 2 aromatic rings. The van der Waals surface area contributed by atoms with E-state index in [1.165, 1.54) is 24.3 Å². The van der Waals surface area contributed by atoms with E-state index in [1.54, 1.807) is 29.2 Å². The molecule has 0 atom stereocenters. The molecular weight excluding hydrogens is 323 g/mol. The summed E-state index contributed by atoms with van der Waals surface area (Å²) in [6, 6.07) is 12.5. The first-order chi connectivity index (χ1) is 12.0. The van der Waals surface area contributed by atoms with Crippen LogP contribution in [0.3, 0.4) is 0 Å². The van der Waals surface area contributed by atoms with Gasteiger partial charge in [-0.1, -0.05) is 0 Å². The van der Waals surface area contributed by atoms with Crippen LogP contribution in [0.2, 0.25) is 0 Å². The van der Waals surface area contributed by atoms with Crippen LogP contribution in [0.15, 0.2) is 48.5 Å². The topological polar surface area (TPSA) is 69.6 Å². The highest BCUT2D eigenvalue weighted by molar-refractivity contribution is 5.96. The van der Waals surface area contributed by atoms with Gasteiger partial charge in [0, 0.05) is 30.4 Å². The van der Waals surface area contributed by atoms with Gasteiger partial charge in [-0.05, 0) is 61.4 Å². The number of carboxylic acid groups (broad SMARTS) is 1. The Morgan fingerprint density at radius 1 is 0.960 bits per heavy atom. The Morgan fingerprint density at radius 2 is 1.52 bits per heavy atom. The van der Waals surface area contributed by atoms with Crippen molar-refractivity contribution in [2.24, 2.45) is 0 Å². The quantitative estimate of drug-likeness (QED) is 0.895. The van der Waals surface area contributed by atoms with Crippen molar-refractivity contribution < 1.29 is 19.1 Å². The third-order valence-corrected chi connectivity index (χ3v) is 4.38. The van der Waals surface area contributed by atoms with Crippen molar-refractivity contribution in [3.63, 3.8) is 0 Å². The van der Waals surface area contributed by atoms with E-state index in [-0.39, 0.29) is 23.3 Å². The highest BCUT2D eigenvalue weighted by Crippen LogP contribution is 2.19. The summed E-state index contributed by atoms with van der Waals surface area (Å²) in [7, 11) is 0. The summed E-state index contributed by atoms with van der Waals surface area (Å²) in [6.45, 7) is 1.25. The summed E-state index contributed by atoms with van der Waals surface area (Å²) in [4.78, 5) is 25.1. The van der Waals surface area contributed by atoms with Crippen LogP contribution in [0.4, 0.5) is 10.1 Å². The molecule has 2 aromatic carbocycles. The zero-order valence-electron chi connectivity index (χ0n) is 13.6. The maximum absolute atomic E-state index is 12.9. The molecule has 130 valence electrons. The lowest BCUT2D eigenvalue weighted by molar-refractivity contribution is 0.0690. The largest absolute Gasteiger partial charge is 0.478 e. The molecule has 0 unspecified atom stereocenters. The Kier molecular flexibility index (Phi) is 4.97. The molecule has 1 fully saturated rings. The van der Waals surface area contributed by atoms with Crippen LogP contribution in [0.1, 0.15) is 33.6 Å². The van der Waals surface area contributed by atoms with Crippen LogP contribution in [0.5, 0.6) is 0 Å². The van der Waals surface area contributed by atoms with E-state index < -0.39 is 5.97 Å². The van der Waals surface area contributed by atoms with Crippen LogP contribution in [-0.4, -0.2) is 41.0 Å². The van der Waals surface area contributed by atoms with Gasteiger partial charge in [0.1, 0.15) is 5.82 Å². The zero-order valence-corrected chi connectivity index (χ0v) is 13.6. The number of aromatic carboxylic acids is 1. The van der Waals surface area contributed by atoms with Crippen LogP contribution in [-0.2, 0) is 0 Å². The number of benzene rings is 2. The minimum absolute atomic E-state index is 0.0860. The number of rotatable bonds is 4. The zero-order chi connectivity index (χ0) is 17.8. The van der Waals surface area contributed by atoms with Crippen molar-refractivity contribution in [1.82, 2.24) is 4.90 Å². The minimum Gasteiger partial charge on any atom is -0.478 e. The number of carbonyl (C=O) groups excluding carboxylic acids is 1. The summed E-state index contributed by atoms with van der Waals surface area (Å²) in [5.74, 6) is -1.36. The molecule has 0 radical (unpaired) electrons. The summed E-state index contributed by atoms with van der Waals surface area (Å²) in [6.07, 6.45) is 1.60. The highest BCUT2D eigenvalue weighted by atomic mass is 19.1. The minimum atomic E-state index is -1.01. The number of nitrogens with one attached hydrogen (secondary N) is 1. The van der Waals surface area contributed by atoms with Gasteiger partial charge in [0.2, 0.25) is 0 Å². The summed E-state index contributed by atoms with van der Waals surface area (Å²) in [5, 5.41) is 12.3. The number of carbonyl (C=O) groups is 2. The molecule has 0 spiro atoms. The van der Waals surface area contributed by atoms with Gasteiger partial charge in [-0.2, -0.15) is 0 Å². The maximum Gasteiger partial charge on any atom is 0.335 e. The van der Waals surface area contributed by atoms with Gasteiger partial charge < -0.3 is 15.3 Å². The third kappa shape index (κ3) is 4.15. The number of carboxylic acids is 1. The normalized spacial score (nSPS) is 15.0. The number of hydrogen-bond donors (Lipinski definition) is 2. The number of nitrogens with zero attached hydrogens (tertiary/aromatic N) is 1. The van der Waals surface area contributed by atoms with Crippen molar-refractivity contribution in [1.29, 1.82) is 0 Å². The fraction of sp³-hybridized carbons (Fsp3) is 0.263. The molecule has 3 rings (SSSR count). The number of halogens is 1. The lowest BCUT2D eigenvalue weighted by Gasteiger charge is -2.33. The first-order valence-corrected chi connectivity index (χ1v) is 8.17. The van der Waals surface area contributed by atoms with Gasteiger partial charge in [0.15, 0.2) is 0 Å². The Morgan fingerprint density at radius 3 is 2.08 bits per heavy atom. The van der Waals surface area contributed by atoms with E-state index in [9.17, 15) is 14.0 Å². The van der Waals surface area contributed by atoms with Gasteiger partial charge in [-0.3, -0.25) is 4.79 Å². The van der Waals surface area contributed by atoms with E-state index >= 15 is 0 Å². The molecule has 1 saturated heterocycles. The van der Waals surface area contributed by atoms with Crippen molar-refractivity contribution in [2.45, 2.75) is 18.9 Å². The van der Waals surface area contributed by atoms with E-state index in [0.29, 0.717) is 18.7 Å². The van der Waals surface area contributed by atoms with Gasteiger partial charge in [0.05, 0.1) is 5.56 Å². The number of anilines is 1. The van der Waals surface area contributed by atoms with Crippen molar-refractivity contribution in [3.05, 3.63) is 65.5 Å². The predicted octanol–water partition coefficient (Wildman–Crippen LogP) is 3.24. The number of piperidine rings is 1. The average molecular weight is 342 g/mol. The monoisotopic (exact) mass is 342 g/mol. The Bertz CT molecular complexity index is 751. The molecule has 0 saturated carbocycles. The fourth-order valence-electron chi connectivity index (χ4n) is 2.95. The molecule has 6 heteroatoms. The van der Waals surface area contributed by atoms with Gasteiger partial charge in [-0.15, -0.1) is 0 Å². The molecule has 0 aliphatic carbocycles. The van der Waals surface area contributed by atoms with E-state index in [0.717, 1.165) is 18.5 Å². The summed E-state index contributed by atoms with van der Waals surface area (Å²) < 4.78 is 12.9. The smallest absolute Gasteiger partial charge is 0.335 e. The molecule has 0 aromatic heterocycles. The van der Waals surface area contributed by atoms with Crippen molar-refractivity contribution in [2.75, 3.05) is 18.4 Å². The van der Waals surface area contributed by atoms with Gasteiger partial charge in [0.25, 0.3) is 5.91 Å². The molecule has 1 aliphatic heterocycles. The lowest BCUT2D eigenvalue weighted by Crippen LogP contribution is -2.42. The summed E-state index contributed by atoms with van der Waals surface area (Å²) in [5.41, 5.74) is 1.53. The maximum atomic E-state index is 12.9. The Hall–Kier alpha value is -2.89. The lowest BCUT2D eigenvalue weighted by atomic mass is 10.0. The van der Waals surface area contributed by atoms with Crippen molar-refractivity contribution >= 4 is 17.6 Å². The number of hydrogen-bond acceptors (Lipinski definition) is 3. The molecular formula is C19H19FN2O3. The Labute approximate surface area is 145 Å². The number of likely N-dealkylation sites (tertiary alicyclic amines) is 1. The van der Waals surface area contributed by atoms with Crippen LogP contribution >= 0.6 is 0 Å². The highest BCUT2D eigenvalue weighted by Gasteiger charge is 2.23. The van der Waals surface area contributed by atoms with Crippen LogP contribution in [0, 0.1) is 5.82 Å². The van der Waals surface area contributed by atoms with Gasteiger partial charge >= 0.3 is 5.97 Å². The first-order valence-electron chi connectivity index (χ1n) is 8.17. The van der Waals surface area contributed by atoms with Crippen LogP contribution < -0.4 is 5.32 Å². The predicted molar refractivity (Wildman–Crippen MR) is 92.3 cm³/mol. The third-order valence-electron chi connectivity index (χ3n) is 4.38. The van der Waals surface area contributed by atoms with Crippen LogP contribution in [0.25, 0.3) is 0 Å². The average Bonchev–Trinajstić information content (AvgIpc) is 2.64. The second kappa shape index (κ2) is 7.34. The fourth-order valence-corrected chi connectivity index (χ4v) is 2.95. The number of amides is 1. The van der Waals surface area contributed by atoms with E-state index in [2.05, 4.69) is 5.32 Å². The molecule has 0 bridgehead atoms. The first kappa shape index (κ1) is 17.0. The molecule has 1 aliphatic rings. The van der Waals surface area contributed by atoms with E-state index in [4.69, 9.17) is 5.11 Å². The SMILES string of the molecule is O=C(O)c1ccc(C(=O)N2CCC(Nc3ccc(F)cc3)CC2)cc1. The summed E-state index contributed by atoms with van der Waals surface area (Å²) >= 11 is 0. The standard InChI is InChI=1S/C19H19FN2O3/c20-15-5-7-16(8-6-15)21-17-9-11-22(12-10-17)18(23)13-1-3-14(4-2-13)19(24)25/h1-8,17,21H,9-12H2,(H,24,25). The van der Waals surface area contributed by atoms with E-state index in [1.807, 2.05) is 0 Å². The van der Waals surface area contributed by atoms with Crippen molar-refractivity contribution in [3.8, 4) is 0 Å². The Balaban J connectivity index is 1.55. The second-order valence-corrected chi connectivity index (χ2v) is 6.10. The molecule has 5 nitrogen and oxygen atoms in total. The molecule has 25 heavy (non-hydrogen) atoms. The second-order valence-electron chi connectivity index (χ2n) is 6.10. The molecule has 1 heterocycles. The van der Waals surface area contributed by atoms with Gasteiger partial charge in [-0.25, -0.2) is 9.18 Å². The molecule has 1 amide bonds.